The van der Waals surface area contributed by atoms with E-state index in [2.05, 4.69) is 24.1 Å². The average Bonchev–Trinajstić information content (AvgIpc) is 2.71. The standard InChI is InChI=1S/C12H15ClN2O/c1-7-4-8(5-10(13)14-7)11(16)15-9-6-12(9,2)3/h4-5,9H,6H2,1-3H3,(H,15,16). The monoisotopic (exact) mass is 238 g/mol. The van der Waals surface area contributed by atoms with E-state index in [-0.39, 0.29) is 17.4 Å². The molecule has 1 N–H and O–H groups in total. The van der Waals surface area contributed by atoms with E-state index in [4.69, 9.17) is 11.6 Å². The summed E-state index contributed by atoms with van der Waals surface area (Å²) in [5.74, 6) is -0.0667. The summed E-state index contributed by atoms with van der Waals surface area (Å²) in [6.07, 6.45) is 1.04. The summed E-state index contributed by atoms with van der Waals surface area (Å²) < 4.78 is 0. The van der Waals surface area contributed by atoms with Crippen LogP contribution in [0.4, 0.5) is 0 Å². The van der Waals surface area contributed by atoms with Gasteiger partial charge in [-0.3, -0.25) is 4.79 Å². The average molecular weight is 239 g/mol. The van der Waals surface area contributed by atoms with Crippen LogP contribution < -0.4 is 5.32 Å². The van der Waals surface area contributed by atoms with E-state index in [9.17, 15) is 4.79 Å². The molecule has 86 valence electrons. The molecule has 1 aliphatic rings. The molecule has 0 aromatic carbocycles. The molecule has 4 heteroatoms. The molecular weight excluding hydrogens is 224 g/mol. The largest absolute Gasteiger partial charge is 0.349 e. The Bertz CT molecular complexity index is 422. The molecule has 1 fully saturated rings. The van der Waals surface area contributed by atoms with Gasteiger partial charge in [-0.1, -0.05) is 25.4 Å². The van der Waals surface area contributed by atoms with Gasteiger partial charge >= 0.3 is 0 Å². The Morgan fingerprint density at radius 1 is 1.56 bits per heavy atom. The van der Waals surface area contributed by atoms with Crippen LogP contribution in [0, 0.1) is 12.3 Å². The molecule has 16 heavy (non-hydrogen) atoms. The third-order valence-corrected chi connectivity index (χ3v) is 3.20. The summed E-state index contributed by atoms with van der Waals surface area (Å²) >= 11 is 5.81. The fourth-order valence-electron chi connectivity index (χ4n) is 1.71. The quantitative estimate of drug-likeness (QED) is 0.805. The number of carbonyl (C=O) groups excluding carboxylic acids is 1. The second-order valence-electron chi connectivity index (χ2n) is 5.04. The molecule has 3 nitrogen and oxygen atoms in total. The Morgan fingerprint density at radius 2 is 2.19 bits per heavy atom. The van der Waals surface area contributed by atoms with Crippen molar-refractivity contribution in [3.63, 3.8) is 0 Å². The van der Waals surface area contributed by atoms with E-state index in [1.54, 1.807) is 12.1 Å². The minimum atomic E-state index is -0.0667. The van der Waals surface area contributed by atoms with E-state index >= 15 is 0 Å². The fourth-order valence-corrected chi connectivity index (χ4v) is 1.97. The van der Waals surface area contributed by atoms with Crippen LogP contribution in [0.5, 0.6) is 0 Å². The smallest absolute Gasteiger partial charge is 0.251 e. The zero-order valence-corrected chi connectivity index (χ0v) is 10.4. The minimum absolute atomic E-state index is 0.0667. The van der Waals surface area contributed by atoms with Crippen LogP contribution in [0.25, 0.3) is 0 Å². The van der Waals surface area contributed by atoms with E-state index in [0.29, 0.717) is 10.7 Å². The lowest BCUT2D eigenvalue weighted by Crippen LogP contribution is -2.28. The second-order valence-corrected chi connectivity index (χ2v) is 5.43. The molecule has 1 heterocycles. The molecular formula is C12H15ClN2O. The van der Waals surface area contributed by atoms with Crippen molar-refractivity contribution in [3.8, 4) is 0 Å². The molecule has 1 unspecified atom stereocenters. The van der Waals surface area contributed by atoms with Crippen molar-refractivity contribution in [2.24, 2.45) is 5.41 Å². The molecule has 0 saturated heterocycles. The number of rotatable bonds is 2. The first-order chi connectivity index (χ1) is 7.38. The number of aryl methyl sites for hydroxylation is 1. The summed E-state index contributed by atoms with van der Waals surface area (Å²) in [6, 6.07) is 3.63. The van der Waals surface area contributed by atoms with Crippen LogP contribution in [-0.4, -0.2) is 16.9 Å². The first kappa shape index (κ1) is 11.4. The lowest BCUT2D eigenvalue weighted by molar-refractivity contribution is 0.0946. The summed E-state index contributed by atoms with van der Waals surface area (Å²) in [5.41, 5.74) is 1.58. The number of pyridine rings is 1. The first-order valence-corrected chi connectivity index (χ1v) is 5.71. The number of carbonyl (C=O) groups is 1. The lowest BCUT2D eigenvalue weighted by atomic mass is 10.2. The molecule has 0 aliphatic heterocycles. The van der Waals surface area contributed by atoms with E-state index in [1.165, 1.54) is 0 Å². The van der Waals surface area contributed by atoms with Crippen LogP contribution in [-0.2, 0) is 0 Å². The molecule has 1 saturated carbocycles. The van der Waals surface area contributed by atoms with Crippen LogP contribution >= 0.6 is 11.6 Å². The molecule has 1 aromatic heterocycles. The highest BCUT2D eigenvalue weighted by Crippen LogP contribution is 2.44. The van der Waals surface area contributed by atoms with Crippen LogP contribution in [0.15, 0.2) is 12.1 Å². The SMILES string of the molecule is Cc1cc(C(=O)NC2CC2(C)C)cc(Cl)n1. The number of nitrogens with one attached hydrogen (secondary N) is 1. The predicted molar refractivity (Wildman–Crippen MR) is 63.6 cm³/mol. The number of hydrogen-bond donors (Lipinski definition) is 1. The number of aromatic nitrogens is 1. The van der Waals surface area contributed by atoms with Gasteiger partial charge in [0.25, 0.3) is 5.91 Å². The van der Waals surface area contributed by atoms with Gasteiger partial charge in [0.15, 0.2) is 0 Å². The van der Waals surface area contributed by atoms with Crippen LogP contribution in [0.3, 0.4) is 0 Å². The number of hydrogen-bond acceptors (Lipinski definition) is 2. The Balaban J connectivity index is 2.09. The molecule has 0 bridgehead atoms. The fraction of sp³-hybridized carbons (Fsp3) is 0.500. The second kappa shape index (κ2) is 3.74. The summed E-state index contributed by atoms with van der Waals surface area (Å²) in [7, 11) is 0. The van der Waals surface area contributed by atoms with Gasteiger partial charge in [0.05, 0.1) is 0 Å². The summed E-state index contributed by atoms with van der Waals surface area (Å²) in [6.45, 7) is 6.11. The van der Waals surface area contributed by atoms with E-state index in [0.717, 1.165) is 12.1 Å². The highest BCUT2D eigenvalue weighted by atomic mass is 35.5. The van der Waals surface area contributed by atoms with Gasteiger partial charge in [-0.15, -0.1) is 0 Å². The Kier molecular flexibility index (Phi) is 2.66. The highest BCUT2D eigenvalue weighted by Gasteiger charge is 2.46. The van der Waals surface area contributed by atoms with E-state index in [1.807, 2.05) is 6.92 Å². The van der Waals surface area contributed by atoms with Crippen molar-refractivity contribution >= 4 is 17.5 Å². The van der Waals surface area contributed by atoms with Gasteiger partial charge in [-0.2, -0.15) is 0 Å². The third kappa shape index (κ3) is 2.35. The lowest BCUT2D eigenvalue weighted by Gasteiger charge is -2.07. The van der Waals surface area contributed by atoms with Crippen molar-refractivity contribution in [2.45, 2.75) is 33.2 Å². The topological polar surface area (TPSA) is 42.0 Å². The van der Waals surface area contributed by atoms with Crippen molar-refractivity contribution in [1.29, 1.82) is 0 Å². The number of halogens is 1. The maximum Gasteiger partial charge on any atom is 0.251 e. The number of nitrogens with zero attached hydrogens (tertiary/aromatic N) is 1. The third-order valence-electron chi connectivity index (χ3n) is 3.00. The van der Waals surface area contributed by atoms with Gasteiger partial charge in [-0.25, -0.2) is 4.98 Å². The first-order valence-electron chi connectivity index (χ1n) is 5.33. The van der Waals surface area contributed by atoms with Gasteiger partial charge in [0, 0.05) is 17.3 Å². The zero-order valence-electron chi connectivity index (χ0n) is 9.67. The maximum atomic E-state index is 11.9. The van der Waals surface area contributed by atoms with Crippen molar-refractivity contribution < 1.29 is 4.79 Å². The molecule has 1 aromatic rings. The highest BCUT2D eigenvalue weighted by molar-refractivity contribution is 6.29. The molecule has 1 atom stereocenters. The molecule has 0 spiro atoms. The van der Waals surface area contributed by atoms with Gasteiger partial charge < -0.3 is 5.32 Å². The predicted octanol–water partition coefficient (Wildman–Crippen LogP) is 2.57. The zero-order chi connectivity index (χ0) is 11.9. The Morgan fingerprint density at radius 3 is 2.69 bits per heavy atom. The summed E-state index contributed by atoms with van der Waals surface area (Å²) in [4.78, 5) is 15.9. The summed E-state index contributed by atoms with van der Waals surface area (Å²) in [5, 5.41) is 3.35. The normalized spacial score (nSPS) is 21.6. The van der Waals surface area contributed by atoms with Crippen LogP contribution in [0.1, 0.15) is 36.3 Å². The van der Waals surface area contributed by atoms with Crippen molar-refractivity contribution in [2.75, 3.05) is 0 Å². The van der Waals surface area contributed by atoms with E-state index < -0.39 is 0 Å². The molecule has 1 aliphatic carbocycles. The van der Waals surface area contributed by atoms with Gasteiger partial charge in [0.2, 0.25) is 0 Å². The maximum absolute atomic E-state index is 11.9. The number of amides is 1. The molecule has 2 rings (SSSR count). The van der Waals surface area contributed by atoms with Crippen molar-refractivity contribution in [1.82, 2.24) is 10.3 Å². The Labute approximate surface area is 100 Å². The van der Waals surface area contributed by atoms with Crippen LogP contribution in [0.2, 0.25) is 5.15 Å². The molecule has 0 radical (unpaired) electrons. The Hall–Kier alpha value is -1.09. The van der Waals surface area contributed by atoms with Gasteiger partial charge in [-0.05, 0) is 30.9 Å². The van der Waals surface area contributed by atoms with Gasteiger partial charge in [0.1, 0.15) is 5.15 Å². The molecule has 1 amide bonds. The minimum Gasteiger partial charge on any atom is -0.349 e. The van der Waals surface area contributed by atoms with Crippen molar-refractivity contribution in [3.05, 3.63) is 28.5 Å².